The molecule has 2 aliphatic heterocycles. The summed E-state index contributed by atoms with van der Waals surface area (Å²) in [6, 6.07) is -1.17. The van der Waals surface area contributed by atoms with Gasteiger partial charge in [-0.1, -0.05) is 0 Å². The van der Waals surface area contributed by atoms with E-state index in [-0.39, 0.29) is 19.1 Å². The number of carbonyl (C=O) groups excluding carboxylic acids is 2. The summed E-state index contributed by atoms with van der Waals surface area (Å²) in [6.45, 7) is -0.0744. The maximum Gasteiger partial charge on any atom is 0.220 e. The Kier molecular flexibility index (Phi) is 12.5. The molecule has 204 valence electrons. The van der Waals surface area contributed by atoms with Crippen molar-refractivity contribution in [3.63, 3.8) is 0 Å². The lowest BCUT2D eigenvalue weighted by Crippen LogP contribution is -2.68. The first kappa shape index (κ1) is 30.1. The number of aliphatic hydroxyl groups excluding tert-OH is 6. The number of thiol groups is 1. The Labute approximate surface area is 207 Å². The molecule has 0 aliphatic carbocycles. The maximum absolute atomic E-state index is 11.9. The van der Waals surface area contributed by atoms with E-state index in [4.69, 9.17) is 18.9 Å². The molecule has 0 aromatic rings. The van der Waals surface area contributed by atoms with Gasteiger partial charge in [0.25, 0.3) is 0 Å². The van der Waals surface area contributed by atoms with Gasteiger partial charge in [0.1, 0.15) is 48.8 Å². The lowest BCUT2D eigenvalue weighted by molar-refractivity contribution is -0.344. The zero-order chi connectivity index (χ0) is 26.1. The van der Waals surface area contributed by atoms with Gasteiger partial charge in [-0.05, 0) is 12.2 Å². The minimum absolute atomic E-state index is 0.0472. The van der Waals surface area contributed by atoms with Crippen LogP contribution in [-0.4, -0.2) is 136 Å². The van der Waals surface area contributed by atoms with Crippen molar-refractivity contribution in [2.45, 2.75) is 81.1 Å². The van der Waals surface area contributed by atoms with E-state index in [1.165, 1.54) is 6.92 Å². The van der Waals surface area contributed by atoms with E-state index >= 15 is 0 Å². The third-order valence-corrected chi connectivity index (χ3v) is 5.95. The number of hydrogen-bond donors (Lipinski definition) is 9. The SMILES string of the molecule is CC(=O)N[C@H]1[C@H](OCCNC(=O)CCCS)O[C@H](CO)[C@@H](O)[C@@H]1O[C@@H]1O[C@H](CO)[C@H](O)[C@H](O)[C@H]1O. The van der Waals surface area contributed by atoms with Crippen molar-refractivity contribution in [2.24, 2.45) is 0 Å². The second kappa shape index (κ2) is 14.6. The van der Waals surface area contributed by atoms with E-state index in [1.807, 2.05) is 0 Å². The summed E-state index contributed by atoms with van der Waals surface area (Å²) in [5.74, 6) is -0.165. The van der Waals surface area contributed by atoms with Gasteiger partial charge in [0, 0.05) is 19.9 Å². The van der Waals surface area contributed by atoms with Crippen molar-refractivity contribution in [2.75, 3.05) is 32.1 Å². The predicted octanol–water partition coefficient (Wildman–Crippen LogP) is -4.40. The van der Waals surface area contributed by atoms with Gasteiger partial charge in [-0.15, -0.1) is 0 Å². The van der Waals surface area contributed by atoms with E-state index in [9.17, 15) is 40.2 Å². The van der Waals surface area contributed by atoms with Gasteiger partial charge in [-0.2, -0.15) is 12.6 Å². The molecule has 8 N–H and O–H groups in total. The Morgan fingerprint density at radius 3 is 2.17 bits per heavy atom. The molecule has 2 aliphatic rings. The molecule has 0 spiro atoms. The average Bonchev–Trinajstić information content (AvgIpc) is 2.83. The normalized spacial score (nSPS) is 37.6. The monoisotopic (exact) mass is 528 g/mol. The topological polar surface area (TPSA) is 216 Å². The smallest absolute Gasteiger partial charge is 0.220 e. The molecule has 0 unspecified atom stereocenters. The molecule has 2 heterocycles. The van der Waals surface area contributed by atoms with E-state index in [0.29, 0.717) is 18.6 Å². The van der Waals surface area contributed by atoms with Crippen LogP contribution in [0, 0.1) is 0 Å². The number of ether oxygens (including phenoxy) is 4. The molecule has 0 radical (unpaired) electrons. The Hall–Kier alpha value is -1.11. The summed E-state index contributed by atoms with van der Waals surface area (Å²) in [5.41, 5.74) is 0. The highest BCUT2D eigenvalue weighted by Crippen LogP contribution is 2.29. The van der Waals surface area contributed by atoms with Crippen molar-refractivity contribution in [3.05, 3.63) is 0 Å². The van der Waals surface area contributed by atoms with Crippen LogP contribution in [0.3, 0.4) is 0 Å². The van der Waals surface area contributed by atoms with E-state index in [2.05, 4.69) is 23.3 Å². The molecule has 0 bridgehead atoms. The van der Waals surface area contributed by atoms with Crippen molar-refractivity contribution >= 4 is 24.4 Å². The van der Waals surface area contributed by atoms with Crippen LogP contribution in [-0.2, 0) is 28.5 Å². The fraction of sp³-hybridized carbons (Fsp3) is 0.900. The van der Waals surface area contributed by atoms with Crippen LogP contribution < -0.4 is 10.6 Å². The first-order chi connectivity index (χ1) is 16.6. The number of carbonyl (C=O) groups is 2. The van der Waals surface area contributed by atoms with Gasteiger partial charge in [0.05, 0.1) is 19.8 Å². The van der Waals surface area contributed by atoms with Crippen molar-refractivity contribution < 1.29 is 59.2 Å². The van der Waals surface area contributed by atoms with Gasteiger partial charge in [0.2, 0.25) is 11.8 Å². The van der Waals surface area contributed by atoms with Crippen molar-refractivity contribution in [1.29, 1.82) is 0 Å². The van der Waals surface area contributed by atoms with Crippen molar-refractivity contribution in [1.82, 2.24) is 10.6 Å². The molecule has 15 heteroatoms. The zero-order valence-corrected chi connectivity index (χ0v) is 20.2. The molecule has 14 nitrogen and oxygen atoms in total. The predicted molar refractivity (Wildman–Crippen MR) is 120 cm³/mol. The summed E-state index contributed by atoms with van der Waals surface area (Å²) >= 11 is 4.05. The molecule has 0 aromatic heterocycles. The van der Waals surface area contributed by atoms with Crippen molar-refractivity contribution in [3.8, 4) is 0 Å². The number of amides is 2. The van der Waals surface area contributed by atoms with E-state index < -0.39 is 80.5 Å². The highest BCUT2D eigenvalue weighted by Gasteiger charge is 2.51. The molecular weight excluding hydrogens is 492 g/mol. The Morgan fingerprint density at radius 1 is 0.943 bits per heavy atom. The van der Waals surface area contributed by atoms with Gasteiger partial charge < -0.3 is 60.2 Å². The first-order valence-corrected chi connectivity index (χ1v) is 11.9. The molecule has 35 heavy (non-hydrogen) atoms. The maximum atomic E-state index is 11.9. The molecule has 2 saturated heterocycles. The third kappa shape index (κ3) is 8.19. The molecule has 2 amide bonds. The summed E-state index contributed by atoms with van der Waals surface area (Å²) in [6.07, 6.45) is -12.5. The van der Waals surface area contributed by atoms with Crippen LogP contribution in [0.1, 0.15) is 19.8 Å². The Morgan fingerprint density at radius 2 is 1.57 bits per heavy atom. The Bertz CT molecular complexity index is 674. The largest absolute Gasteiger partial charge is 0.394 e. The summed E-state index contributed by atoms with van der Waals surface area (Å²) in [4.78, 5) is 23.6. The van der Waals surface area contributed by atoms with Crippen LogP contribution in [0.4, 0.5) is 0 Å². The van der Waals surface area contributed by atoms with Gasteiger partial charge in [-0.25, -0.2) is 0 Å². The average molecular weight is 529 g/mol. The second-order valence-corrected chi connectivity index (χ2v) is 8.74. The van der Waals surface area contributed by atoms with E-state index in [1.54, 1.807) is 0 Å². The first-order valence-electron chi connectivity index (χ1n) is 11.3. The third-order valence-electron chi connectivity index (χ3n) is 5.63. The lowest BCUT2D eigenvalue weighted by Gasteiger charge is -2.47. The number of hydrogen-bond acceptors (Lipinski definition) is 13. The molecule has 10 atom stereocenters. The van der Waals surface area contributed by atoms with E-state index in [0.717, 1.165) is 0 Å². The van der Waals surface area contributed by atoms with Crippen LogP contribution in [0.5, 0.6) is 0 Å². The molecule has 2 fully saturated rings. The lowest BCUT2D eigenvalue weighted by atomic mass is 9.95. The molecule has 0 saturated carbocycles. The van der Waals surface area contributed by atoms with Gasteiger partial charge in [-0.3, -0.25) is 9.59 Å². The minimum atomic E-state index is -1.76. The molecule has 0 aromatic carbocycles. The fourth-order valence-electron chi connectivity index (χ4n) is 3.79. The Balaban J connectivity index is 2.14. The van der Waals surface area contributed by atoms with Crippen LogP contribution in [0.25, 0.3) is 0 Å². The fourth-order valence-corrected chi connectivity index (χ4v) is 3.95. The molecule has 2 rings (SSSR count). The number of rotatable bonds is 12. The zero-order valence-electron chi connectivity index (χ0n) is 19.3. The quantitative estimate of drug-likeness (QED) is 0.0867. The van der Waals surface area contributed by atoms with Crippen LogP contribution >= 0.6 is 12.6 Å². The van der Waals surface area contributed by atoms with Crippen LogP contribution in [0.15, 0.2) is 0 Å². The highest BCUT2D eigenvalue weighted by molar-refractivity contribution is 7.80. The van der Waals surface area contributed by atoms with Gasteiger partial charge in [0.15, 0.2) is 12.6 Å². The number of nitrogens with one attached hydrogen (secondary N) is 2. The molecular formula is C20H36N2O12S. The standard InChI is InChI=1S/C20H36N2O12S/c1-9(25)22-13-18(34-20-17(30)16(29)14(27)10(7-23)33-20)15(28)11(8-24)32-19(13)31-5-4-21-12(26)3-2-6-35/h10-11,13-20,23-24,27-30,35H,2-8H2,1H3,(H,21,26)(H,22,25)/t10-,11-,13-,14+,15-,16+,17-,18-,19-,20+/m1/s1. The second-order valence-electron chi connectivity index (χ2n) is 8.29. The summed E-state index contributed by atoms with van der Waals surface area (Å²) in [5, 5.41) is 65.3. The van der Waals surface area contributed by atoms with Gasteiger partial charge >= 0.3 is 0 Å². The van der Waals surface area contributed by atoms with Crippen LogP contribution in [0.2, 0.25) is 0 Å². The highest BCUT2D eigenvalue weighted by atomic mass is 32.1. The summed E-state index contributed by atoms with van der Waals surface area (Å²) in [7, 11) is 0. The minimum Gasteiger partial charge on any atom is -0.394 e. The number of aliphatic hydroxyl groups is 6. The summed E-state index contributed by atoms with van der Waals surface area (Å²) < 4.78 is 22.3.